The lowest BCUT2D eigenvalue weighted by molar-refractivity contribution is -0.186. The summed E-state index contributed by atoms with van der Waals surface area (Å²) < 4.78 is 45.7. The molecule has 156 valence electrons. The van der Waals surface area contributed by atoms with Gasteiger partial charge in [-0.3, -0.25) is 4.79 Å². The van der Waals surface area contributed by atoms with Crippen LogP contribution in [0.15, 0.2) is 54.6 Å². The number of benzene rings is 2. The summed E-state index contributed by atoms with van der Waals surface area (Å²) in [4.78, 5) is 14.6. The van der Waals surface area contributed by atoms with Crippen LogP contribution < -0.4 is 10.1 Å². The van der Waals surface area contributed by atoms with E-state index in [1.54, 1.807) is 31.1 Å². The molecular formula is C21H24F3N3O2. The summed E-state index contributed by atoms with van der Waals surface area (Å²) in [5.74, 6) is -1.22. The molecule has 2 aromatic rings. The minimum Gasteiger partial charge on any atom is -0.481 e. The molecule has 0 spiro atoms. The molecule has 0 bridgehead atoms. The first-order valence-corrected chi connectivity index (χ1v) is 9.33. The predicted molar refractivity (Wildman–Crippen MR) is 105 cm³/mol. The first-order valence-electron chi connectivity index (χ1n) is 9.33. The molecule has 0 fully saturated rings. The number of carbonyl (C=O) groups is 1. The van der Waals surface area contributed by atoms with E-state index < -0.39 is 24.2 Å². The van der Waals surface area contributed by atoms with Gasteiger partial charge in [0.2, 0.25) is 0 Å². The molecule has 0 saturated carbocycles. The van der Waals surface area contributed by atoms with E-state index in [-0.39, 0.29) is 13.1 Å². The largest absolute Gasteiger partial charge is 0.481 e. The average molecular weight is 407 g/mol. The van der Waals surface area contributed by atoms with Gasteiger partial charge in [0.1, 0.15) is 11.9 Å². The Morgan fingerprint density at radius 3 is 2.34 bits per heavy atom. The van der Waals surface area contributed by atoms with Crippen LogP contribution in [-0.4, -0.2) is 61.7 Å². The fraction of sp³-hybridized carbons (Fsp3) is 0.381. The van der Waals surface area contributed by atoms with Crippen molar-refractivity contribution in [2.24, 2.45) is 0 Å². The fourth-order valence-electron chi connectivity index (χ4n) is 3.28. The predicted octanol–water partition coefficient (Wildman–Crippen LogP) is 3.55. The molecule has 1 aliphatic heterocycles. The Labute approximate surface area is 168 Å². The van der Waals surface area contributed by atoms with E-state index in [0.717, 1.165) is 10.5 Å². The zero-order chi connectivity index (χ0) is 21.0. The van der Waals surface area contributed by atoms with Gasteiger partial charge in [-0.05, 0) is 31.8 Å². The van der Waals surface area contributed by atoms with Crippen LogP contribution in [0.5, 0.6) is 5.75 Å². The molecule has 3 rings (SSSR count). The molecule has 2 unspecified atom stereocenters. The molecule has 5 nitrogen and oxygen atoms in total. The molecule has 1 amide bonds. The number of amides is 1. The fourth-order valence-corrected chi connectivity index (χ4v) is 3.28. The van der Waals surface area contributed by atoms with Crippen molar-refractivity contribution in [3.05, 3.63) is 60.2 Å². The third-order valence-corrected chi connectivity index (χ3v) is 4.74. The summed E-state index contributed by atoms with van der Waals surface area (Å²) in [5.41, 5.74) is 1.52. The molecule has 1 N–H and O–H groups in total. The summed E-state index contributed by atoms with van der Waals surface area (Å²) in [6, 6.07) is 16.0. The molecule has 0 aliphatic carbocycles. The molecule has 29 heavy (non-hydrogen) atoms. The Balaban J connectivity index is 1.89. The number of nitrogens with zero attached hydrogens (tertiary/aromatic N) is 2. The molecule has 1 heterocycles. The van der Waals surface area contributed by atoms with E-state index in [2.05, 4.69) is 5.32 Å². The van der Waals surface area contributed by atoms with E-state index >= 15 is 0 Å². The number of anilines is 1. The van der Waals surface area contributed by atoms with E-state index in [9.17, 15) is 18.0 Å². The second kappa shape index (κ2) is 8.73. The Kier molecular flexibility index (Phi) is 6.32. The highest BCUT2D eigenvalue weighted by molar-refractivity contribution is 5.82. The number of nitrogens with one attached hydrogen (secondary N) is 1. The van der Waals surface area contributed by atoms with E-state index in [1.165, 1.54) is 0 Å². The number of ether oxygens (including phenoxy) is 1. The summed E-state index contributed by atoms with van der Waals surface area (Å²) in [6.45, 7) is 0.148. The number of hydrogen-bond acceptors (Lipinski definition) is 4. The average Bonchev–Trinajstić information content (AvgIpc) is 2.69. The minimum absolute atomic E-state index is 0.0350. The summed E-state index contributed by atoms with van der Waals surface area (Å²) in [6.07, 6.45) is -5.46. The number of hydrogen-bond donors (Lipinski definition) is 1. The summed E-state index contributed by atoms with van der Waals surface area (Å²) in [7, 11) is 3.50. The van der Waals surface area contributed by atoms with E-state index in [4.69, 9.17) is 4.74 Å². The van der Waals surface area contributed by atoms with Crippen LogP contribution in [0, 0.1) is 0 Å². The Bertz CT molecular complexity index is 827. The topological polar surface area (TPSA) is 44.8 Å². The highest BCUT2D eigenvalue weighted by Crippen LogP contribution is 2.37. The van der Waals surface area contributed by atoms with Crippen molar-refractivity contribution in [3.63, 3.8) is 0 Å². The maximum atomic E-state index is 13.2. The minimum atomic E-state index is -4.93. The monoisotopic (exact) mass is 407 g/mol. The molecule has 2 atom stereocenters. The zero-order valence-corrected chi connectivity index (χ0v) is 16.3. The number of likely N-dealkylation sites (N-methyl/N-ethyl adjacent to an activating group) is 1. The first kappa shape index (κ1) is 21.0. The van der Waals surface area contributed by atoms with Crippen molar-refractivity contribution in [2.75, 3.05) is 39.0 Å². The van der Waals surface area contributed by atoms with Crippen LogP contribution in [0.4, 0.5) is 18.9 Å². The number of carbonyl (C=O) groups excluding carboxylic acids is 1. The van der Waals surface area contributed by atoms with Gasteiger partial charge in [-0.2, -0.15) is 13.2 Å². The summed E-state index contributed by atoms with van der Waals surface area (Å²) >= 11 is 0. The van der Waals surface area contributed by atoms with Crippen LogP contribution in [-0.2, 0) is 4.79 Å². The van der Waals surface area contributed by atoms with Crippen molar-refractivity contribution in [2.45, 2.75) is 18.3 Å². The lowest BCUT2D eigenvalue weighted by Crippen LogP contribution is -2.51. The van der Waals surface area contributed by atoms with Crippen LogP contribution >= 0.6 is 0 Å². The number of fused-ring (bicyclic) bond motifs is 1. The number of rotatable bonds is 6. The standard InChI is InChI=1S/C21H24F3N3O2/c1-26(2)12-13-27(20(28)21(22,23)24)14-17-19(15-8-4-3-5-9-15)29-18-11-7-6-10-16(18)25-17/h3-11,17,19,25H,12-14H2,1-2H3. The lowest BCUT2D eigenvalue weighted by atomic mass is 9.99. The molecule has 0 aromatic heterocycles. The Morgan fingerprint density at radius 2 is 1.69 bits per heavy atom. The number of para-hydroxylation sites is 2. The van der Waals surface area contributed by atoms with Crippen molar-refractivity contribution >= 4 is 11.6 Å². The van der Waals surface area contributed by atoms with Crippen molar-refractivity contribution in [3.8, 4) is 5.75 Å². The van der Waals surface area contributed by atoms with E-state index in [1.807, 2.05) is 42.5 Å². The highest BCUT2D eigenvalue weighted by Gasteiger charge is 2.44. The molecule has 8 heteroatoms. The van der Waals surface area contributed by atoms with Crippen LogP contribution in [0.2, 0.25) is 0 Å². The van der Waals surface area contributed by atoms with E-state index in [0.29, 0.717) is 18.0 Å². The molecule has 2 aromatic carbocycles. The van der Waals surface area contributed by atoms with Gasteiger partial charge < -0.3 is 19.9 Å². The smallest absolute Gasteiger partial charge is 0.471 e. The molecule has 0 saturated heterocycles. The summed E-state index contributed by atoms with van der Waals surface area (Å²) in [5, 5.41) is 3.27. The quantitative estimate of drug-likeness (QED) is 0.796. The second-order valence-corrected chi connectivity index (χ2v) is 7.25. The van der Waals surface area contributed by atoms with Gasteiger partial charge in [0.25, 0.3) is 0 Å². The van der Waals surface area contributed by atoms with Crippen LogP contribution in [0.25, 0.3) is 0 Å². The first-order chi connectivity index (χ1) is 13.8. The van der Waals surface area contributed by atoms with Crippen molar-refractivity contribution in [1.29, 1.82) is 0 Å². The maximum Gasteiger partial charge on any atom is 0.471 e. The third kappa shape index (κ3) is 5.20. The van der Waals surface area contributed by atoms with Crippen molar-refractivity contribution < 1.29 is 22.7 Å². The Morgan fingerprint density at radius 1 is 1.03 bits per heavy atom. The SMILES string of the molecule is CN(C)CCN(CC1Nc2ccccc2OC1c1ccccc1)C(=O)C(F)(F)F. The molecular weight excluding hydrogens is 383 g/mol. The normalized spacial score (nSPS) is 18.6. The van der Waals surface area contributed by atoms with Gasteiger partial charge in [-0.25, -0.2) is 0 Å². The Hall–Kier alpha value is -2.74. The zero-order valence-electron chi connectivity index (χ0n) is 16.3. The maximum absolute atomic E-state index is 13.2. The lowest BCUT2D eigenvalue weighted by Gasteiger charge is -2.38. The van der Waals surface area contributed by atoms with Gasteiger partial charge in [-0.1, -0.05) is 42.5 Å². The molecule has 1 aliphatic rings. The number of halogens is 3. The van der Waals surface area contributed by atoms with Gasteiger partial charge in [-0.15, -0.1) is 0 Å². The van der Waals surface area contributed by atoms with Gasteiger partial charge in [0, 0.05) is 19.6 Å². The van der Waals surface area contributed by atoms with Gasteiger partial charge >= 0.3 is 12.1 Å². The highest BCUT2D eigenvalue weighted by atomic mass is 19.4. The van der Waals surface area contributed by atoms with Gasteiger partial charge in [0.05, 0.1) is 11.7 Å². The van der Waals surface area contributed by atoms with Gasteiger partial charge in [0.15, 0.2) is 0 Å². The van der Waals surface area contributed by atoms with Crippen LogP contribution in [0.3, 0.4) is 0 Å². The number of alkyl halides is 3. The molecule has 0 radical (unpaired) electrons. The third-order valence-electron chi connectivity index (χ3n) is 4.74. The second-order valence-electron chi connectivity index (χ2n) is 7.25. The van der Waals surface area contributed by atoms with Crippen LogP contribution in [0.1, 0.15) is 11.7 Å². The van der Waals surface area contributed by atoms with Crippen molar-refractivity contribution in [1.82, 2.24) is 9.80 Å².